The van der Waals surface area contributed by atoms with Crippen molar-refractivity contribution in [1.29, 1.82) is 0 Å². The highest BCUT2D eigenvalue weighted by atomic mass is 16.4. The monoisotopic (exact) mass is 380 g/mol. The summed E-state index contributed by atoms with van der Waals surface area (Å²) in [5, 5.41) is 14.7. The van der Waals surface area contributed by atoms with Crippen molar-refractivity contribution in [2.75, 3.05) is 5.32 Å². The topological polar surface area (TPSA) is 95.5 Å². The normalized spacial score (nSPS) is 14.3. The Morgan fingerprint density at radius 3 is 2.29 bits per heavy atom. The molecule has 3 rings (SSSR count). The zero-order chi connectivity index (χ0) is 19.9. The maximum absolute atomic E-state index is 12.4. The first-order chi connectivity index (χ1) is 13.5. The Balaban J connectivity index is 1.55. The van der Waals surface area contributed by atoms with E-state index >= 15 is 0 Å². The summed E-state index contributed by atoms with van der Waals surface area (Å²) in [4.78, 5) is 35.5. The van der Waals surface area contributed by atoms with Crippen molar-refractivity contribution >= 4 is 23.5 Å². The van der Waals surface area contributed by atoms with E-state index in [1.807, 2.05) is 24.3 Å². The maximum Gasteiger partial charge on any atom is 0.335 e. The van der Waals surface area contributed by atoms with E-state index in [-0.39, 0.29) is 23.3 Å². The molecule has 2 amide bonds. The van der Waals surface area contributed by atoms with Crippen LogP contribution in [0.2, 0.25) is 0 Å². The summed E-state index contributed by atoms with van der Waals surface area (Å²) >= 11 is 0. The van der Waals surface area contributed by atoms with Gasteiger partial charge in [-0.15, -0.1) is 0 Å². The van der Waals surface area contributed by atoms with Crippen molar-refractivity contribution in [2.24, 2.45) is 5.92 Å². The summed E-state index contributed by atoms with van der Waals surface area (Å²) in [5.41, 5.74) is 2.13. The number of benzene rings is 2. The van der Waals surface area contributed by atoms with E-state index in [4.69, 9.17) is 5.11 Å². The average molecular weight is 380 g/mol. The molecule has 146 valence electrons. The molecule has 0 aromatic heterocycles. The minimum atomic E-state index is -1.03. The maximum atomic E-state index is 12.4. The number of carbonyl (C=O) groups is 3. The molecule has 1 aliphatic carbocycles. The van der Waals surface area contributed by atoms with Crippen LogP contribution in [0.4, 0.5) is 5.69 Å². The van der Waals surface area contributed by atoms with Crippen LogP contribution < -0.4 is 10.6 Å². The van der Waals surface area contributed by atoms with Crippen molar-refractivity contribution < 1.29 is 19.5 Å². The summed E-state index contributed by atoms with van der Waals surface area (Å²) in [6, 6.07) is 13.2. The van der Waals surface area contributed by atoms with Crippen LogP contribution in [0.3, 0.4) is 0 Å². The van der Waals surface area contributed by atoms with Gasteiger partial charge in [0.25, 0.3) is 5.91 Å². The molecule has 1 fully saturated rings. The molecular weight excluding hydrogens is 356 g/mol. The van der Waals surface area contributed by atoms with E-state index in [2.05, 4.69) is 10.6 Å². The van der Waals surface area contributed by atoms with Gasteiger partial charge in [0.1, 0.15) is 0 Å². The predicted octanol–water partition coefficient (Wildman–Crippen LogP) is 3.83. The van der Waals surface area contributed by atoms with Crippen molar-refractivity contribution in [1.82, 2.24) is 5.32 Å². The molecule has 0 aliphatic heterocycles. The first-order valence-electron chi connectivity index (χ1n) is 9.54. The lowest BCUT2D eigenvalue weighted by Gasteiger charge is -2.20. The molecule has 6 heteroatoms. The van der Waals surface area contributed by atoms with Gasteiger partial charge in [-0.2, -0.15) is 0 Å². The summed E-state index contributed by atoms with van der Waals surface area (Å²) in [6.07, 6.45) is 5.32. The third kappa shape index (κ3) is 5.19. The van der Waals surface area contributed by atoms with E-state index < -0.39 is 5.97 Å². The summed E-state index contributed by atoms with van der Waals surface area (Å²) < 4.78 is 0. The van der Waals surface area contributed by atoms with Gasteiger partial charge in [0.15, 0.2) is 0 Å². The molecule has 2 aromatic rings. The molecule has 28 heavy (non-hydrogen) atoms. The molecule has 1 saturated carbocycles. The predicted molar refractivity (Wildman–Crippen MR) is 106 cm³/mol. The van der Waals surface area contributed by atoms with Crippen LogP contribution in [-0.2, 0) is 11.3 Å². The number of carboxylic acid groups (broad SMARTS) is 1. The molecule has 0 saturated heterocycles. The number of hydrogen-bond acceptors (Lipinski definition) is 3. The third-order valence-electron chi connectivity index (χ3n) is 5.02. The van der Waals surface area contributed by atoms with Gasteiger partial charge >= 0.3 is 5.97 Å². The summed E-state index contributed by atoms with van der Waals surface area (Å²) in [6.45, 7) is 0.312. The number of nitrogens with one attached hydrogen (secondary N) is 2. The SMILES string of the molecule is O=C(O)c1ccc(C(=O)NCc2cccc(NC(=O)C3CCCCC3)c2)cc1. The van der Waals surface area contributed by atoms with Gasteiger partial charge < -0.3 is 15.7 Å². The molecule has 2 aromatic carbocycles. The van der Waals surface area contributed by atoms with Crippen LogP contribution in [-0.4, -0.2) is 22.9 Å². The fourth-order valence-corrected chi connectivity index (χ4v) is 3.42. The Hall–Kier alpha value is -3.15. The lowest BCUT2D eigenvalue weighted by molar-refractivity contribution is -0.120. The van der Waals surface area contributed by atoms with E-state index in [1.165, 1.54) is 30.7 Å². The molecule has 1 aliphatic rings. The quantitative estimate of drug-likeness (QED) is 0.710. The second kappa shape index (κ2) is 9.17. The first kappa shape index (κ1) is 19.6. The number of aromatic carboxylic acids is 1. The average Bonchev–Trinajstić information content (AvgIpc) is 2.73. The highest BCUT2D eigenvalue weighted by molar-refractivity contribution is 5.96. The Morgan fingerprint density at radius 1 is 0.929 bits per heavy atom. The zero-order valence-electron chi connectivity index (χ0n) is 15.6. The number of carboxylic acids is 1. The lowest BCUT2D eigenvalue weighted by Crippen LogP contribution is -2.25. The molecule has 0 bridgehead atoms. The van der Waals surface area contributed by atoms with Crippen LogP contribution >= 0.6 is 0 Å². The Kier molecular flexibility index (Phi) is 6.42. The number of hydrogen-bond donors (Lipinski definition) is 3. The standard InChI is InChI=1S/C22H24N2O4/c25-20(17-9-11-18(12-10-17)22(27)28)23-14-15-5-4-8-19(13-15)24-21(26)16-6-2-1-3-7-16/h4-5,8-13,16H,1-3,6-7,14H2,(H,23,25)(H,24,26)(H,27,28). The van der Waals surface area contributed by atoms with Gasteiger partial charge in [-0.25, -0.2) is 4.79 Å². The van der Waals surface area contributed by atoms with Crippen molar-refractivity contribution in [3.05, 3.63) is 65.2 Å². The fourth-order valence-electron chi connectivity index (χ4n) is 3.42. The second-order valence-electron chi connectivity index (χ2n) is 7.09. The van der Waals surface area contributed by atoms with Crippen molar-refractivity contribution in [3.63, 3.8) is 0 Å². The van der Waals surface area contributed by atoms with Crippen molar-refractivity contribution in [2.45, 2.75) is 38.6 Å². The number of carbonyl (C=O) groups excluding carboxylic acids is 2. The van der Waals surface area contributed by atoms with Gasteiger partial charge in [-0.05, 0) is 54.8 Å². The third-order valence-corrected chi connectivity index (χ3v) is 5.02. The highest BCUT2D eigenvalue weighted by Crippen LogP contribution is 2.25. The van der Waals surface area contributed by atoms with Gasteiger partial charge in [0.05, 0.1) is 5.56 Å². The van der Waals surface area contributed by atoms with Crippen LogP contribution in [0, 0.1) is 5.92 Å². The number of rotatable bonds is 6. The Bertz CT molecular complexity index is 855. The fraction of sp³-hybridized carbons (Fsp3) is 0.318. The van der Waals surface area contributed by atoms with Gasteiger partial charge in [0.2, 0.25) is 5.91 Å². The smallest absolute Gasteiger partial charge is 0.335 e. The van der Waals surface area contributed by atoms with Crippen molar-refractivity contribution in [3.8, 4) is 0 Å². The van der Waals surface area contributed by atoms with Crippen LogP contribution in [0.25, 0.3) is 0 Å². The van der Waals surface area contributed by atoms with Gasteiger partial charge in [-0.3, -0.25) is 9.59 Å². The minimum absolute atomic E-state index is 0.0689. The number of amides is 2. The zero-order valence-corrected chi connectivity index (χ0v) is 15.6. The van der Waals surface area contributed by atoms with E-state index in [1.54, 1.807) is 0 Å². The van der Waals surface area contributed by atoms with E-state index in [0.29, 0.717) is 12.1 Å². The molecule has 0 spiro atoms. The van der Waals surface area contributed by atoms with E-state index in [0.717, 1.165) is 36.9 Å². The van der Waals surface area contributed by atoms with Crippen LogP contribution in [0.15, 0.2) is 48.5 Å². The first-order valence-corrected chi connectivity index (χ1v) is 9.54. The Labute approximate surface area is 164 Å². The molecule has 3 N–H and O–H groups in total. The van der Waals surface area contributed by atoms with Crippen LogP contribution in [0.1, 0.15) is 58.4 Å². The second-order valence-corrected chi connectivity index (χ2v) is 7.09. The molecule has 0 atom stereocenters. The molecule has 0 radical (unpaired) electrons. The lowest BCUT2D eigenvalue weighted by atomic mass is 9.88. The molecule has 0 unspecified atom stereocenters. The Morgan fingerprint density at radius 2 is 1.61 bits per heavy atom. The summed E-state index contributed by atoms with van der Waals surface area (Å²) in [5.74, 6) is -1.15. The molecule has 6 nitrogen and oxygen atoms in total. The summed E-state index contributed by atoms with van der Waals surface area (Å²) in [7, 11) is 0. The van der Waals surface area contributed by atoms with Crippen LogP contribution in [0.5, 0.6) is 0 Å². The van der Waals surface area contributed by atoms with Gasteiger partial charge in [-0.1, -0.05) is 31.4 Å². The van der Waals surface area contributed by atoms with E-state index in [9.17, 15) is 14.4 Å². The van der Waals surface area contributed by atoms with Gasteiger partial charge in [0, 0.05) is 23.7 Å². The highest BCUT2D eigenvalue weighted by Gasteiger charge is 2.21. The molecule has 0 heterocycles. The molecular formula is C22H24N2O4. The minimum Gasteiger partial charge on any atom is -0.478 e. The number of anilines is 1. The largest absolute Gasteiger partial charge is 0.478 e.